The van der Waals surface area contributed by atoms with Crippen LogP contribution in [0, 0.1) is 0 Å². The smallest absolute Gasteiger partial charge is 0.196 e. The number of benzene rings is 3. The zero-order valence-corrected chi connectivity index (χ0v) is 16.7. The minimum atomic E-state index is -0.0763. The highest BCUT2D eigenvalue weighted by Gasteiger charge is 2.23. The molecule has 0 atom stereocenters. The minimum absolute atomic E-state index is 0.0763. The summed E-state index contributed by atoms with van der Waals surface area (Å²) in [6.07, 6.45) is 0. The number of hydrogen-bond acceptors (Lipinski definition) is 3. The Hall–Kier alpha value is -3.37. The highest BCUT2D eigenvalue weighted by atomic mass is 79.9. The molecule has 1 aromatic heterocycles. The summed E-state index contributed by atoms with van der Waals surface area (Å²) in [5.74, 6) is 0. The van der Waals surface area contributed by atoms with Crippen molar-refractivity contribution in [2.24, 2.45) is 0 Å². The van der Waals surface area contributed by atoms with Crippen molar-refractivity contribution in [3.05, 3.63) is 97.7 Å². The van der Waals surface area contributed by atoms with E-state index in [1.54, 1.807) is 0 Å². The zero-order chi connectivity index (χ0) is 19.7. The van der Waals surface area contributed by atoms with Gasteiger partial charge in [-0.15, -0.1) is 0 Å². The third-order valence-corrected chi connectivity index (χ3v) is 6.17. The molecule has 136 valence electrons. The van der Waals surface area contributed by atoms with E-state index in [2.05, 4.69) is 15.9 Å². The van der Waals surface area contributed by atoms with Gasteiger partial charge in [-0.1, -0.05) is 76.6 Å². The maximum absolute atomic E-state index is 13.4. The Kier molecular flexibility index (Phi) is 3.32. The van der Waals surface area contributed by atoms with Crippen molar-refractivity contribution in [1.82, 2.24) is 4.98 Å². The van der Waals surface area contributed by atoms with Crippen LogP contribution in [0.15, 0.2) is 86.9 Å². The predicted octanol–water partition coefficient (Wildman–Crippen LogP) is 5.72. The molecule has 0 unspecified atom stereocenters. The summed E-state index contributed by atoms with van der Waals surface area (Å²) in [4.78, 5) is 31.6. The van der Waals surface area contributed by atoms with Gasteiger partial charge >= 0.3 is 0 Å². The Morgan fingerprint density at radius 2 is 1.03 bits per heavy atom. The van der Waals surface area contributed by atoms with Gasteiger partial charge in [0, 0.05) is 31.6 Å². The van der Waals surface area contributed by atoms with Crippen LogP contribution < -0.4 is 10.9 Å². The highest BCUT2D eigenvalue weighted by Crippen LogP contribution is 2.38. The summed E-state index contributed by atoms with van der Waals surface area (Å²) < 4.78 is 0.938. The molecule has 6 rings (SSSR count). The first kappa shape index (κ1) is 16.6. The molecule has 0 spiro atoms. The molecule has 4 heteroatoms. The number of rotatable bonds is 1. The molecule has 6 aromatic rings. The van der Waals surface area contributed by atoms with Crippen molar-refractivity contribution in [2.45, 2.75) is 0 Å². The van der Waals surface area contributed by atoms with E-state index in [9.17, 15) is 9.59 Å². The summed E-state index contributed by atoms with van der Waals surface area (Å²) in [6, 6.07) is 22.8. The van der Waals surface area contributed by atoms with E-state index < -0.39 is 0 Å². The van der Waals surface area contributed by atoms with Crippen molar-refractivity contribution in [1.29, 1.82) is 0 Å². The summed E-state index contributed by atoms with van der Waals surface area (Å²) in [5, 5.41) is 3.97. The number of halogens is 1. The predicted molar refractivity (Wildman–Crippen MR) is 122 cm³/mol. The Labute approximate surface area is 173 Å². The van der Waals surface area contributed by atoms with E-state index in [1.165, 1.54) is 0 Å². The molecule has 0 radical (unpaired) electrons. The Bertz CT molecular complexity index is 1590. The summed E-state index contributed by atoms with van der Waals surface area (Å²) in [5.41, 5.74) is 2.68. The molecule has 0 saturated carbocycles. The number of nitrogens with zero attached hydrogens (tertiary/aromatic N) is 1. The van der Waals surface area contributed by atoms with Gasteiger partial charge in [-0.2, -0.15) is 0 Å². The molecule has 0 fully saturated rings. The third kappa shape index (κ3) is 2.15. The summed E-state index contributed by atoms with van der Waals surface area (Å²) in [7, 11) is 0. The second kappa shape index (κ2) is 5.82. The second-order valence-electron chi connectivity index (χ2n) is 7.19. The molecule has 3 nitrogen and oxygen atoms in total. The fraction of sp³-hybridized carbons (Fsp3) is 0. The van der Waals surface area contributed by atoms with Crippen LogP contribution in [0.1, 0.15) is 0 Å². The van der Waals surface area contributed by atoms with E-state index in [4.69, 9.17) is 4.98 Å². The molecule has 0 bridgehead atoms. The van der Waals surface area contributed by atoms with E-state index >= 15 is 0 Å². The minimum Gasteiger partial charge on any atom is -0.288 e. The van der Waals surface area contributed by atoms with Gasteiger partial charge in [0.15, 0.2) is 10.9 Å². The van der Waals surface area contributed by atoms with Crippen LogP contribution in [-0.2, 0) is 0 Å². The van der Waals surface area contributed by atoms with Gasteiger partial charge in [-0.25, -0.2) is 4.98 Å². The number of fused-ring (bicyclic) bond motifs is 6. The normalized spacial score (nSPS) is 11.9. The monoisotopic (exact) mass is 437 g/mol. The lowest BCUT2D eigenvalue weighted by Gasteiger charge is -2.06. The maximum Gasteiger partial charge on any atom is 0.196 e. The fourth-order valence-electron chi connectivity index (χ4n) is 4.37. The lowest BCUT2D eigenvalue weighted by molar-refractivity contribution is 1.54. The Morgan fingerprint density at radius 1 is 0.586 bits per heavy atom. The molecular formula is C25H12BrNO2. The van der Waals surface area contributed by atoms with Crippen LogP contribution in [0.3, 0.4) is 0 Å². The van der Waals surface area contributed by atoms with E-state index in [1.807, 2.05) is 72.8 Å². The van der Waals surface area contributed by atoms with Crippen LogP contribution in [-0.4, -0.2) is 4.98 Å². The maximum atomic E-state index is 13.4. The van der Waals surface area contributed by atoms with Crippen LogP contribution in [0.2, 0.25) is 0 Å². The highest BCUT2D eigenvalue weighted by molar-refractivity contribution is 9.10. The van der Waals surface area contributed by atoms with Crippen molar-refractivity contribution in [3.63, 3.8) is 0 Å². The molecule has 0 saturated heterocycles. The summed E-state index contributed by atoms with van der Waals surface area (Å²) in [6.45, 7) is 0. The lowest BCUT2D eigenvalue weighted by Crippen LogP contribution is -2.02. The third-order valence-electron chi connectivity index (χ3n) is 5.64. The van der Waals surface area contributed by atoms with Crippen molar-refractivity contribution in [3.8, 4) is 11.1 Å². The van der Waals surface area contributed by atoms with Crippen LogP contribution in [0.4, 0.5) is 0 Å². The van der Waals surface area contributed by atoms with Crippen molar-refractivity contribution in [2.75, 3.05) is 0 Å². The summed E-state index contributed by atoms with van der Waals surface area (Å²) >= 11 is 3.47. The molecule has 0 N–H and O–H groups in total. The van der Waals surface area contributed by atoms with Crippen LogP contribution >= 0.6 is 15.9 Å². The molecule has 29 heavy (non-hydrogen) atoms. The van der Waals surface area contributed by atoms with Gasteiger partial charge in [-0.05, 0) is 17.7 Å². The first-order valence-electron chi connectivity index (χ1n) is 9.27. The molecule has 1 heterocycles. The molecular weight excluding hydrogens is 426 g/mol. The van der Waals surface area contributed by atoms with Crippen LogP contribution in [0.25, 0.3) is 54.5 Å². The van der Waals surface area contributed by atoms with Crippen molar-refractivity contribution >= 4 is 59.3 Å². The SMILES string of the molecule is O=c1c2ccccc2c2nc3c(c(-c4ccc(Br)cc4)c12)c(=O)c1ccccc13. The fourth-order valence-corrected chi connectivity index (χ4v) is 4.63. The van der Waals surface area contributed by atoms with Gasteiger partial charge in [-0.3, -0.25) is 9.59 Å². The first-order chi connectivity index (χ1) is 14.1. The first-order valence-corrected chi connectivity index (χ1v) is 10.1. The van der Waals surface area contributed by atoms with Gasteiger partial charge in [0.1, 0.15) is 0 Å². The quantitative estimate of drug-likeness (QED) is 0.330. The lowest BCUT2D eigenvalue weighted by atomic mass is 9.99. The van der Waals surface area contributed by atoms with E-state index in [-0.39, 0.29) is 10.9 Å². The topological polar surface area (TPSA) is 47.0 Å². The van der Waals surface area contributed by atoms with Gasteiger partial charge in [0.2, 0.25) is 0 Å². The van der Waals surface area contributed by atoms with E-state index in [0.29, 0.717) is 38.1 Å². The Morgan fingerprint density at radius 3 is 1.52 bits per heavy atom. The number of aromatic nitrogens is 1. The van der Waals surface area contributed by atoms with Crippen molar-refractivity contribution < 1.29 is 0 Å². The van der Waals surface area contributed by atoms with E-state index in [0.717, 1.165) is 20.8 Å². The number of hydrogen-bond donors (Lipinski definition) is 0. The molecule has 0 amide bonds. The van der Waals surface area contributed by atoms with Gasteiger partial charge < -0.3 is 0 Å². The standard InChI is InChI=1S/C25H12BrNO2/c26-14-11-9-13(10-12-14)19-20-22(15-5-1-3-7-17(15)24(20)28)27-23-16-6-2-4-8-18(16)25(29)21(19)23/h1-12H. The Balaban J connectivity index is 1.98. The second-order valence-corrected chi connectivity index (χ2v) is 8.11. The molecule has 5 aromatic carbocycles. The average Bonchev–Trinajstić information content (AvgIpc) is 3.21. The largest absolute Gasteiger partial charge is 0.288 e. The zero-order valence-electron chi connectivity index (χ0n) is 15.1. The molecule has 0 aliphatic rings. The van der Waals surface area contributed by atoms with Gasteiger partial charge in [0.05, 0.1) is 21.8 Å². The van der Waals surface area contributed by atoms with Gasteiger partial charge in [0.25, 0.3) is 0 Å². The molecule has 0 aliphatic carbocycles. The molecule has 0 aliphatic heterocycles. The number of pyridine rings is 1. The van der Waals surface area contributed by atoms with Crippen LogP contribution in [0.5, 0.6) is 0 Å². The average molecular weight is 438 g/mol.